The number of carbonyl (C=O) groups is 5. The maximum atomic E-state index is 12.4. The number of rotatable bonds is 33. The molecule has 0 aromatic rings. The summed E-state index contributed by atoms with van der Waals surface area (Å²) >= 11 is 0. The van der Waals surface area contributed by atoms with Gasteiger partial charge in [0.15, 0.2) is 0 Å². The predicted molar refractivity (Wildman–Crippen MR) is 365 cm³/mol. The van der Waals surface area contributed by atoms with Crippen molar-refractivity contribution in [3.8, 4) is 0 Å². The average Bonchev–Trinajstić information content (AvgIpc) is 3.45. The van der Waals surface area contributed by atoms with E-state index in [-0.39, 0.29) is 79.3 Å². The van der Waals surface area contributed by atoms with Crippen molar-refractivity contribution in [3.63, 3.8) is 0 Å². The molecule has 3 atom stereocenters. The van der Waals surface area contributed by atoms with Crippen LogP contribution >= 0.6 is 0 Å². The van der Waals surface area contributed by atoms with Crippen molar-refractivity contribution in [1.82, 2.24) is 0 Å². The van der Waals surface area contributed by atoms with Gasteiger partial charge in [0, 0.05) is 5.41 Å². The minimum Gasteiger partial charge on any atom is -0.459 e. The van der Waals surface area contributed by atoms with E-state index in [0.29, 0.717) is 23.7 Å². The van der Waals surface area contributed by atoms with E-state index in [9.17, 15) is 24.0 Å². The van der Waals surface area contributed by atoms with Crippen LogP contribution in [0.4, 0.5) is 0 Å². The standard InChI is InChI=1S/C16H32O2.3C15H30O2.C14H28O2/c1-10-15(8,9)13(17)18-16(11-2,12(3)4)14(5,6)7;1-8-11-15(10-3,12(4)5)17-13(16)14(6,7)9-2;1-8-12(5)15(10-3,11-4)17-13(16)14(6,7)9-2;1-7-11-12-15(9-3,10-4)17-13(16)14(5,6)8-2;1-8-13(6,7)12(15)16-14(9-2,10-3)11(4)5/h12H,10-11H2,1-9H3;2*12H,8-11H2,1-7H3;7-12H2,1-6H3;11H,8-10H2,1-7H3. The molecule has 0 heterocycles. The first-order valence-corrected chi connectivity index (χ1v) is 34.8. The highest BCUT2D eigenvalue weighted by atomic mass is 16.6. The fourth-order valence-corrected chi connectivity index (χ4v) is 10.2. The molecule has 0 saturated heterocycles. The Labute approximate surface area is 530 Å². The first kappa shape index (κ1) is 91.1. The summed E-state index contributed by atoms with van der Waals surface area (Å²) in [4.78, 5) is 61.1. The van der Waals surface area contributed by atoms with Gasteiger partial charge in [0.2, 0.25) is 0 Å². The topological polar surface area (TPSA) is 132 Å². The van der Waals surface area contributed by atoms with Crippen LogP contribution in [0.3, 0.4) is 0 Å². The lowest BCUT2D eigenvalue weighted by atomic mass is 9.68. The van der Waals surface area contributed by atoms with E-state index >= 15 is 0 Å². The summed E-state index contributed by atoms with van der Waals surface area (Å²) in [5, 5.41) is 0. The third kappa shape index (κ3) is 28.0. The summed E-state index contributed by atoms with van der Waals surface area (Å²) in [6.45, 7) is 74.5. The van der Waals surface area contributed by atoms with E-state index in [2.05, 4.69) is 145 Å². The van der Waals surface area contributed by atoms with Crippen molar-refractivity contribution in [2.45, 2.75) is 399 Å². The molecular formula is C75H150O10. The van der Waals surface area contributed by atoms with Gasteiger partial charge < -0.3 is 23.7 Å². The van der Waals surface area contributed by atoms with Crippen molar-refractivity contribution in [3.05, 3.63) is 0 Å². The summed E-state index contributed by atoms with van der Waals surface area (Å²) in [6.07, 6.45) is 17.5. The average molecular weight is 1210 g/mol. The Kier molecular flexibility index (Phi) is 43.0. The van der Waals surface area contributed by atoms with Gasteiger partial charge in [-0.3, -0.25) is 24.0 Å². The van der Waals surface area contributed by atoms with Crippen LogP contribution in [-0.2, 0) is 47.7 Å². The summed E-state index contributed by atoms with van der Waals surface area (Å²) in [5.74, 6) is 1.16. The number of unbranched alkanes of at least 4 members (excludes halogenated alkanes) is 1. The van der Waals surface area contributed by atoms with E-state index in [0.717, 1.165) is 122 Å². The highest BCUT2D eigenvalue weighted by Gasteiger charge is 2.49. The maximum absolute atomic E-state index is 12.4. The molecule has 0 aromatic carbocycles. The molecule has 0 radical (unpaired) electrons. The minimum atomic E-state index is -0.402. The number of carbonyl (C=O) groups excluding carboxylic acids is 5. The second-order valence-corrected chi connectivity index (χ2v) is 30.1. The molecule has 85 heavy (non-hydrogen) atoms. The van der Waals surface area contributed by atoms with Gasteiger partial charge >= 0.3 is 29.8 Å². The molecule has 3 unspecified atom stereocenters. The molecule has 0 fully saturated rings. The molecule has 510 valence electrons. The Hall–Kier alpha value is -2.65. The van der Waals surface area contributed by atoms with E-state index in [1.807, 2.05) is 104 Å². The third-order valence-corrected chi connectivity index (χ3v) is 20.9. The first-order valence-electron chi connectivity index (χ1n) is 34.8. The van der Waals surface area contributed by atoms with Gasteiger partial charge in [-0.2, -0.15) is 0 Å². The molecule has 0 amide bonds. The molecule has 0 aliphatic heterocycles. The Morgan fingerprint density at radius 2 is 0.576 bits per heavy atom. The zero-order valence-corrected chi connectivity index (χ0v) is 63.8. The first-order chi connectivity index (χ1) is 38.6. The van der Waals surface area contributed by atoms with Gasteiger partial charge in [-0.05, 0) is 202 Å². The SMILES string of the molecule is CCC(C)(C)C(=O)OC(CC)(C(C)C)C(C)(C)C.CCC(C)(C)C(=O)OC(CC)(CC)C(C)C.CCC(C)C(CC)(CC)OC(=O)C(C)(C)CC.CCCC(CC)(OC(=O)C(C)(C)CC)C(C)C.CCCCC(CC)(CC)OC(=O)C(C)(C)CC. The van der Waals surface area contributed by atoms with Gasteiger partial charge in [0.25, 0.3) is 0 Å². The van der Waals surface area contributed by atoms with Crippen molar-refractivity contribution in [2.75, 3.05) is 0 Å². The van der Waals surface area contributed by atoms with Crippen LogP contribution in [-0.4, -0.2) is 57.9 Å². The molecule has 0 aliphatic rings. The van der Waals surface area contributed by atoms with E-state index in [1.165, 1.54) is 0 Å². The van der Waals surface area contributed by atoms with Crippen molar-refractivity contribution < 1.29 is 47.7 Å². The van der Waals surface area contributed by atoms with Gasteiger partial charge in [-0.15, -0.1) is 0 Å². The summed E-state index contributed by atoms with van der Waals surface area (Å²) in [5.41, 5.74) is -3.41. The summed E-state index contributed by atoms with van der Waals surface area (Å²) in [7, 11) is 0. The van der Waals surface area contributed by atoms with E-state index in [1.54, 1.807) is 0 Å². The van der Waals surface area contributed by atoms with E-state index in [4.69, 9.17) is 23.7 Å². The maximum Gasteiger partial charge on any atom is 0.312 e. The predicted octanol–water partition coefficient (Wildman–Crippen LogP) is 22.9. The van der Waals surface area contributed by atoms with Gasteiger partial charge in [-0.25, -0.2) is 0 Å². The Morgan fingerprint density at radius 1 is 0.294 bits per heavy atom. The van der Waals surface area contributed by atoms with Gasteiger partial charge in [0.05, 0.1) is 27.1 Å². The highest BCUT2D eigenvalue weighted by molar-refractivity contribution is 5.78. The van der Waals surface area contributed by atoms with Crippen LogP contribution in [0, 0.1) is 56.2 Å². The second kappa shape index (κ2) is 40.2. The lowest BCUT2D eigenvalue weighted by Crippen LogP contribution is -2.52. The summed E-state index contributed by atoms with van der Waals surface area (Å²) < 4.78 is 29.5. The van der Waals surface area contributed by atoms with Crippen LogP contribution in [0.1, 0.15) is 371 Å². The second-order valence-electron chi connectivity index (χ2n) is 30.1. The van der Waals surface area contributed by atoms with Gasteiger partial charge in [0.1, 0.15) is 28.0 Å². The number of hydrogen-bond acceptors (Lipinski definition) is 10. The molecule has 10 nitrogen and oxygen atoms in total. The van der Waals surface area contributed by atoms with Crippen LogP contribution in [0.25, 0.3) is 0 Å². The highest BCUT2D eigenvalue weighted by Crippen LogP contribution is 2.45. The van der Waals surface area contributed by atoms with E-state index < -0.39 is 11.0 Å². The molecule has 0 bridgehead atoms. The number of ether oxygens (including phenoxy) is 5. The molecule has 0 aromatic heterocycles. The van der Waals surface area contributed by atoms with Crippen LogP contribution in [0.5, 0.6) is 0 Å². The molecular weight excluding hydrogens is 1060 g/mol. The Bertz CT molecular complexity index is 1800. The zero-order valence-electron chi connectivity index (χ0n) is 63.8. The smallest absolute Gasteiger partial charge is 0.312 e. The number of esters is 5. The van der Waals surface area contributed by atoms with Crippen molar-refractivity contribution in [2.24, 2.45) is 56.2 Å². The fourth-order valence-electron chi connectivity index (χ4n) is 10.2. The fraction of sp³-hybridized carbons (Fsp3) is 0.933. The Balaban J connectivity index is -0.000000314. The monoisotopic (exact) mass is 1210 g/mol. The molecule has 10 heteroatoms. The minimum absolute atomic E-state index is 0.0418. The molecule has 0 aliphatic carbocycles. The van der Waals surface area contributed by atoms with Crippen LogP contribution in [0.15, 0.2) is 0 Å². The van der Waals surface area contributed by atoms with Crippen molar-refractivity contribution in [1.29, 1.82) is 0 Å². The Morgan fingerprint density at radius 3 is 0.788 bits per heavy atom. The largest absolute Gasteiger partial charge is 0.459 e. The van der Waals surface area contributed by atoms with Crippen LogP contribution in [0.2, 0.25) is 0 Å². The van der Waals surface area contributed by atoms with Crippen LogP contribution < -0.4 is 0 Å². The molecule has 0 N–H and O–H groups in total. The summed E-state index contributed by atoms with van der Waals surface area (Å²) in [6, 6.07) is 0. The lowest BCUT2D eigenvalue weighted by molar-refractivity contribution is -0.194. The number of hydrogen-bond donors (Lipinski definition) is 0. The zero-order chi connectivity index (χ0) is 68.7. The molecule has 0 spiro atoms. The molecule has 0 rings (SSSR count). The van der Waals surface area contributed by atoms with Crippen molar-refractivity contribution >= 4 is 29.8 Å². The van der Waals surface area contributed by atoms with Gasteiger partial charge in [-0.1, -0.05) is 193 Å². The third-order valence-electron chi connectivity index (χ3n) is 20.9. The normalized spacial score (nSPS) is 14.5. The quantitative estimate of drug-likeness (QED) is 0.0462. The lowest BCUT2D eigenvalue weighted by Gasteiger charge is -2.48. The molecule has 0 saturated carbocycles.